The fourth-order valence-corrected chi connectivity index (χ4v) is 1.15. The predicted molar refractivity (Wildman–Crippen MR) is 66.4 cm³/mol. The molecule has 0 aliphatic carbocycles. The fraction of sp³-hybridized carbons (Fsp3) is 0.750. The van der Waals surface area contributed by atoms with Crippen LogP contribution >= 0.6 is 0 Å². The second-order valence-corrected chi connectivity index (χ2v) is 4.60. The molecule has 0 rings (SSSR count). The highest BCUT2D eigenvalue weighted by molar-refractivity contribution is 5.78. The van der Waals surface area contributed by atoms with E-state index in [-0.39, 0.29) is 11.3 Å². The molecule has 16 heavy (non-hydrogen) atoms. The third-order valence-corrected chi connectivity index (χ3v) is 2.32. The summed E-state index contributed by atoms with van der Waals surface area (Å²) in [4.78, 5) is 11.4. The lowest BCUT2D eigenvalue weighted by Gasteiger charge is -2.24. The molecule has 0 aliphatic heterocycles. The maximum atomic E-state index is 11.4. The van der Waals surface area contributed by atoms with Crippen LogP contribution in [0.5, 0.6) is 0 Å². The Balaban J connectivity index is 3.67. The van der Waals surface area contributed by atoms with Crippen molar-refractivity contribution < 1.29 is 9.53 Å². The Morgan fingerprint density at radius 1 is 1.50 bits per heavy atom. The molecule has 4 heteroatoms. The number of hydrogen-bond donors (Lipinski definition) is 2. The van der Waals surface area contributed by atoms with E-state index in [2.05, 4.69) is 31.1 Å². The predicted octanol–water partition coefficient (Wildman–Crippen LogP) is 0.941. The summed E-state index contributed by atoms with van der Waals surface area (Å²) in [7, 11) is 1.69. The first-order chi connectivity index (χ1) is 7.52. The molecule has 0 aromatic heterocycles. The van der Waals surface area contributed by atoms with E-state index < -0.39 is 0 Å². The van der Waals surface area contributed by atoms with Crippen LogP contribution in [0.25, 0.3) is 0 Å². The van der Waals surface area contributed by atoms with Gasteiger partial charge in [0.05, 0.1) is 6.54 Å². The van der Waals surface area contributed by atoms with Gasteiger partial charge in [-0.1, -0.05) is 19.9 Å². The van der Waals surface area contributed by atoms with Crippen LogP contribution in [0.15, 0.2) is 12.7 Å². The van der Waals surface area contributed by atoms with Gasteiger partial charge in [-0.05, 0) is 11.8 Å². The van der Waals surface area contributed by atoms with Crippen LogP contribution in [0.4, 0.5) is 0 Å². The summed E-state index contributed by atoms with van der Waals surface area (Å²) in [6, 6.07) is 0. The highest BCUT2D eigenvalue weighted by Crippen LogP contribution is 2.18. The lowest BCUT2D eigenvalue weighted by molar-refractivity contribution is -0.120. The Kier molecular flexibility index (Phi) is 7.85. The van der Waals surface area contributed by atoms with Crippen molar-refractivity contribution >= 4 is 5.91 Å². The second-order valence-electron chi connectivity index (χ2n) is 4.60. The number of carbonyl (C=O) groups excluding carboxylic acids is 1. The molecule has 1 amide bonds. The monoisotopic (exact) mass is 228 g/mol. The second kappa shape index (κ2) is 8.30. The van der Waals surface area contributed by atoms with Crippen LogP contribution in [0, 0.1) is 5.41 Å². The van der Waals surface area contributed by atoms with E-state index in [0.717, 1.165) is 13.0 Å². The van der Waals surface area contributed by atoms with Gasteiger partial charge in [0.25, 0.3) is 0 Å². The minimum Gasteiger partial charge on any atom is -0.385 e. The van der Waals surface area contributed by atoms with E-state index in [1.165, 1.54) is 0 Å². The molecule has 0 radical (unpaired) electrons. The summed E-state index contributed by atoms with van der Waals surface area (Å²) < 4.78 is 5.03. The topological polar surface area (TPSA) is 50.4 Å². The van der Waals surface area contributed by atoms with E-state index in [9.17, 15) is 4.79 Å². The molecule has 0 unspecified atom stereocenters. The maximum Gasteiger partial charge on any atom is 0.233 e. The smallest absolute Gasteiger partial charge is 0.233 e. The first-order valence-electron chi connectivity index (χ1n) is 5.59. The van der Waals surface area contributed by atoms with Gasteiger partial charge < -0.3 is 15.4 Å². The van der Waals surface area contributed by atoms with Gasteiger partial charge in [-0.15, -0.1) is 6.58 Å². The van der Waals surface area contributed by atoms with Crippen molar-refractivity contribution in [1.82, 2.24) is 10.6 Å². The average Bonchev–Trinajstić information content (AvgIpc) is 2.24. The van der Waals surface area contributed by atoms with Gasteiger partial charge in [0.2, 0.25) is 5.91 Å². The standard InChI is InChI=1S/C12H24N2O2/c1-5-7-13-9-11(15)14-10-12(2,3)6-8-16-4/h5,13H,1,6-10H2,2-4H3,(H,14,15). The minimum absolute atomic E-state index is 0.0207. The lowest BCUT2D eigenvalue weighted by Crippen LogP contribution is -2.39. The summed E-state index contributed by atoms with van der Waals surface area (Å²) in [6.45, 7) is 10.2. The van der Waals surface area contributed by atoms with Gasteiger partial charge >= 0.3 is 0 Å². The Morgan fingerprint density at radius 3 is 2.75 bits per heavy atom. The van der Waals surface area contributed by atoms with Crippen LogP contribution < -0.4 is 10.6 Å². The number of hydrogen-bond acceptors (Lipinski definition) is 3. The largest absolute Gasteiger partial charge is 0.385 e. The van der Waals surface area contributed by atoms with E-state index in [1.807, 2.05) is 0 Å². The van der Waals surface area contributed by atoms with E-state index in [4.69, 9.17) is 4.74 Å². The molecule has 2 N–H and O–H groups in total. The van der Waals surface area contributed by atoms with Crippen molar-refractivity contribution in [3.05, 3.63) is 12.7 Å². The van der Waals surface area contributed by atoms with Gasteiger partial charge in [0.1, 0.15) is 0 Å². The van der Waals surface area contributed by atoms with E-state index in [1.54, 1.807) is 13.2 Å². The highest BCUT2D eigenvalue weighted by Gasteiger charge is 2.18. The Hall–Kier alpha value is -0.870. The van der Waals surface area contributed by atoms with Gasteiger partial charge in [-0.3, -0.25) is 4.79 Å². The summed E-state index contributed by atoms with van der Waals surface area (Å²) in [6.07, 6.45) is 2.67. The summed E-state index contributed by atoms with van der Waals surface area (Å²) >= 11 is 0. The quantitative estimate of drug-likeness (QED) is 0.456. The zero-order valence-corrected chi connectivity index (χ0v) is 10.6. The molecule has 0 bridgehead atoms. The molecular weight excluding hydrogens is 204 g/mol. The lowest BCUT2D eigenvalue weighted by atomic mass is 9.90. The molecule has 0 aromatic carbocycles. The van der Waals surface area contributed by atoms with Gasteiger partial charge in [0.15, 0.2) is 0 Å². The molecule has 0 spiro atoms. The first-order valence-corrected chi connectivity index (χ1v) is 5.59. The molecule has 0 fully saturated rings. The van der Waals surface area contributed by atoms with E-state index in [0.29, 0.717) is 19.6 Å². The molecule has 0 atom stereocenters. The van der Waals surface area contributed by atoms with Crippen LogP contribution in [-0.2, 0) is 9.53 Å². The first kappa shape index (κ1) is 15.1. The minimum atomic E-state index is 0.0207. The number of rotatable bonds is 9. The molecule has 0 aliphatic rings. The van der Waals surface area contributed by atoms with Crippen molar-refractivity contribution in [1.29, 1.82) is 0 Å². The molecule has 0 saturated carbocycles. The number of amides is 1. The van der Waals surface area contributed by atoms with E-state index >= 15 is 0 Å². The van der Waals surface area contributed by atoms with Crippen LogP contribution in [-0.4, -0.2) is 39.3 Å². The summed E-state index contributed by atoms with van der Waals surface area (Å²) in [5.74, 6) is 0.0207. The molecule has 4 nitrogen and oxygen atoms in total. The molecule has 0 aromatic rings. The molecule has 0 saturated heterocycles. The van der Waals surface area contributed by atoms with Crippen molar-refractivity contribution in [2.75, 3.05) is 33.4 Å². The highest BCUT2D eigenvalue weighted by atomic mass is 16.5. The van der Waals surface area contributed by atoms with Gasteiger partial charge in [0, 0.05) is 26.8 Å². The van der Waals surface area contributed by atoms with Crippen LogP contribution in [0.3, 0.4) is 0 Å². The fourth-order valence-electron chi connectivity index (χ4n) is 1.15. The SMILES string of the molecule is C=CCNCC(=O)NCC(C)(C)CCOC. The number of carbonyl (C=O) groups is 1. The van der Waals surface area contributed by atoms with Crippen LogP contribution in [0.1, 0.15) is 20.3 Å². The van der Waals surface area contributed by atoms with Crippen molar-refractivity contribution in [2.24, 2.45) is 5.41 Å². The maximum absolute atomic E-state index is 11.4. The Morgan fingerprint density at radius 2 is 2.19 bits per heavy atom. The molecular formula is C12H24N2O2. The molecule has 94 valence electrons. The zero-order chi connectivity index (χ0) is 12.4. The number of ether oxygens (including phenoxy) is 1. The summed E-state index contributed by atoms with van der Waals surface area (Å²) in [5, 5.41) is 5.86. The summed E-state index contributed by atoms with van der Waals surface area (Å²) in [5.41, 5.74) is 0.0735. The zero-order valence-electron chi connectivity index (χ0n) is 10.6. The normalized spacial score (nSPS) is 11.2. The number of nitrogens with one attached hydrogen (secondary N) is 2. The van der Waals surface area contributed by atoms with Crippen LogP contribution in [0.2, 0.25) is 0 Å². The van der Waals surface area contributed by atoms with Gasteiger partial charge in [-0.25, -0.2) is 0 Å². The Labute approximate surface area is 98.4 Å². The number of methoxy groups -OCH3 is 1. The molecule has 0 heterocycles. The van der Waals surface area contributed by atoms with Crippen molar-refractivity contribution in [2.45, 2.75) is 20.3 Å². The Bertz CT molecular complexity index is 215. The van der Waals surface area contributed by atoms with Crippen molar-refractivity contribution in [3.63, 3.8) is 0 Å². The van der Waals surface area contributed by atoms with Crippen molar-refractivity contribution in [3.8, 4) is 0 Å². The average molecular weight is 228 g/mol. The third-order valence-electron chi connectivity index (χ3n) is 2.32. The van der Waals surface area contributed by atoms with Gasteiger partial charge in [-0.2, -0.15) is 0 Å². The third kappa shape index (κ3) is 8.44.